The fourth-order valence-corrected chi connectivity index (χ4v) is 2.94. The van der Waals surface area contributed by atoms with Crippen molar-refractivity contribution >= 4 is 5.69 Å². The summed E-state index contributed by atoms with van der Waals surface area (Å²) in [5.74, 6) is 1.05. The van der Waals surface area contributed by atoms with Crippen molar-refractivity contribution in [3.05, 3.63) is 91.0 Å². The molecule has 5 heteroatoms. The van der Waals surface area contributed by atoms with E-state index in [1.54, 1.807) is 42.5 Å². The molecule has 0 aliphatic heterocycles. The highest BCUT2D eigenvalue weighted by Crippen LogP contribution is 2.48. The summed E-state index contributed by atoms with van der Waals surface area (Å²) in [5, 5.41) is 20.3. The Hall–Kier alpha value is -4.12. The van der Waals surface area contributed by atoms with Crippen molar-refractivity contribution in [2.75, 3.05) is 5.73 Å². The molecule has 4 N–H and O–H groups in total. The van der Waals surface area contributed by atoms with E-state index >= 15 is 0 Å². The lowest BCUT2D eigenvalue weighted by Crippen LogP contribution is -1.98. The molecule has 0 aliphatic carbocycles. The number of rotatable bonds is 5. The smallest absolute Gasteiger partial charge is 0.193 e. The molecule has 0 amide bonds. The van der Waals surface area contributed by atoms with Crippen molar-refractivity contribution in [1.29, 1.82) is 0 Å². The highest BCUT2D eigenvalue weighted by molar-refractivity contribution is 5.80. The number of anilines is 1. The molecule has 0 spiro atoms. The predicted molar refractivity (Wildman–Crippen MR) is 113 cm³/mol. The second-order valence-corrected chi connectivity index (χ2v) is 6.37. The first kappa shape index (κ1) is 18.3. The van der Waals surface area contributed by atoms with E-state index in [9.17, 15) is 10.2 Å². The van der Waals surface area contributed by atoms with Crippen LogP contribution in [0.4, 0.5) is 5.69 Å². The van der Waals surface area contributed by atoms with Gasteiger partial charge in [-0.3, -0.25) is 0 Å². The minimum Gasteiger partial charge on any atom is -0.504 e. The molecular formula is C24H19NO4. The minimum atomic E-state index is -0.0227. The number of hydrogen-bond donors (Lipinski definition) is 3. The van der Waals surface area contributed by atoms with Crippen LogP contribution in [0.1, 0.15) is 0 Å². The Labute approximate surface area is 168 Å². The van der Waals surface area contributed by atoms with Crippen LogP contribution < -0.4 is 15.2 Å². The molecule has 4 aromatic carbocycles. The number of phenolic OH excluding ortho intramolecular Hbond substituents is 2. The van der Waals surface area contributed by atoms with Crippen molar-refractivity contribution < 1.29 is 19.7 Å². The summed E-state index contributed by atoms with van der Waals surface area (Å²) >= 11 is 0. The average Bonchev–Trinajstić information content (AvgIpc) is 2.74. The Morgan fingerprint density at radius 1 is 0.552 bits per heavy atom. The first-order valence-electron chi connectivity index (χ1n) is 9.03. The number of ether oxygens (including phenoxy) is 2. The third kappa shape index (κ3) is 3.80. The first-order chi connectivity index (χ1) is 14.1. The summed E-state index contributed by atoms with van der Waals surface area (Å²) in [5.41, 5.74) is 8.16. The second kappa shape index (κ2) is 7.86. The average molecular weight is 385 g/mol. The van der Waals surface area contributed by atoms with Crippen molar-refractivity contribution in [2.24, 2.45) is 0 Å². The van der Waals surface area contributed by atoms with Crippen LogP contribution in [0.3, 0.4) is 0 Å². The van der Waals surface area contributed by atoms with Gasteiger partial charge in [0.25, 0.3) is 0 Å². The van der Waals surface area contributed by atoms with Gasteiger partial charge in [-0.15, -0.1) is 0 Å². The standard InChI is InChI=1S/C24H19NO4/c25-18-15-14-17(16-8-2-1-3-9-16)23(28-21-12-6-4-10-19(21)26)24(18)29-22-13-7-5-11-20(22)27/h1-15,26-27H,25H2. The van der Waals surface area contributed by atoms with Crippen molar-refractivity contribution in [2.45, 2.75) is 0 Å². The van der Waals surface area contributed by atoms with Crippen LogP contribution in [0.5, 0.6) is 34.5 Å². The summed E-state index contributed by atoms with van der Waals surface area (Å²) in [4.78, 5) is 0. The van der Waals surface area contributed by atoms with Crippen molar-refractivity contribution in [3.63, 3.8) is 0 Å². The van der Waals surface area contributed by atoms with E-state index in [0.717, 1.165) is 11.1 Å². The third-order valence-corrected chi connectivity index (χ3v) is 4.38. The molecule has 0 radical (unpaired) electrons. The van der Waals surface area contributed by atoms with Crippen molar-refractivity contribution in [1.82, 2.24) is 0 Å². The van der Waals surface area contributed by atoms with Crippen LogP contribution in [0.15, 0.2) is 91.0 Å². The topological polar surface area (TPSA) is 84.9 Å². The van der Waals surface area contributed by atoms with Gasteiger partial charge >= 0.3 is 0 Å². The zero-order valence-electron chi connectivity index (χ0n) is 15.4. The van der Waals surface area contributed by atoms with Crippen LogP contribution in [0.25, 0.3) is 11.1 Å². The van der Waals surface area contributed by atoms with Crippen LogP contribution in [-0.2, 0) is 0 Å². The number of phenols is 2. The zero-order valence-corrected chi connectivity index (χ0v) is 15.4. The lowest BCUT2D eigenvalue weighted by atomic mass is 10.0. The molecule has 0 saturated heterocycles. The fourth-order valence-electron chi connectivity index (χ4n) is 2.94. The van der Waals surface area contributed by atoms with Gasteiger partial charge in [0.1, 0.15) is 0 Å². The van der Waals surface area contributed by atoms with E-state index < -0.39 is 0 Å². The van der Waals surface area contributed by atoms with Gasteiger partial charge in [0.15, 0.2) is 34.5 Å². The molecular weight excluding hydrogens is 366 g/mol. The molecule has 0 bridgehead atoms. The Morgan fingerprint density at radius 3 is 1.66 bits per heavy atom. The monoisotopic (exact) mass is 385 g/mol. The molecule has 0 fully saturated rings. The number of aromatic hydroxyl groups is 2. The number of benzene rings is 4. The lowest BCUT2D eigenvalue weighted by Gasteiger charge is -2.19. The number of nitrogens with two attached hydrogens (primary N) is 1. The molecule has 0 aromatic heterocycles. The zero-order chi connectivity index (χ0) is 20.2. The molecule has 0 unspecified atom stereocenters. The van der Waals surface area contributed by atoms with Gasteiger partial charge in [0.05, 0.1) is 5.69 Å². The second-order valence-electron chi connectivity index (χ2n) is 6.37. The summed E-state index contributed by atoms with van der Waals surface area (Å²) < 4.78 is 12.0. The molecule has 4 aromatic rings. The molecule has 29 heavy (non-hydrogen) atoms. The van der Waals surface area contributed by atoms with Crippen LogP contribution >= 0.6 is 0 Å². The maximum Gasteiger partial charge on any atom is 0.193 e. The summed E-state index contributed by atoms with van der Waals surface area (Å²) in [6.45, 7) is 0. The van der Waals surface area contributed by atoms with Gasteiger partial charge in [-0.25, -0.2) is 0 Å². The van der Waals surface area contributed by atoms with Gasteiger partial charge in [0, 0.05) is 5.56 Å². The minimum absolute atomic E-state index is 0.0116. The van der Waals surface area contributed by atoms with Crippen LogP contribution in [0, 0.1) is 0 Å². The molecule has 0 saturated carbocycles. The SMILES string of the molecule is Nc1ccc(-c2ccccc2)c(Oc2ccccc2O)c1Oc1ccccc1O. The normalized spacial score (nSPS) is 10.5. The number of para-hydroxylation sites is 4. The van der Waals surface area contributed by atoms with Crippen LogP contribution in [-0.4, -0.2) is 10.2 Å². The van der Waals surface area contributed by atoms with E-state index in [1.165, 1.54) is 12.1 Å². The molecule has 0 heterocycles. The molecule has 0 atom stereocenters. The van der Waals surface area contributed by atoms with E-state index in [2.05, 4.69) is 0 Å². The van der Waals surface area contributed by atoms with Crippen molar-refractivity contribution in [3.8, 4) is 45.6 Å². The Morgan fingerprint density at radius 2 is 1.07 bits per heavy atom. The van der Waals surface area contributed by atoms with E-state index in [4.69, 9.17) is 15.2 Å². The molecule has 4 rings (SSSR count). The molecule has 5 nitrogen and oxygen atoms in total. The summed E-state index contributed by atoms with van der Waals surface area (Å²) in [7, 11) is 0. The fraction of sp³-hybridized carbons (Fsp3) is 0. The Bertz CT molecular complexity index is 1140. The quantitative estimate of drug-likeness (QED) is 0.371. The van der Waals surface area contributed by atoms with Gasteiger partial charge in [-0.1, -0.05) is 54.6 Å². The largest absolute Gasteiger partial charge is 0.504 e. The highest BCUT2D eigenvalue weighted by atomic mass is 16.5. The summed E-state index contributed by atoms with van der Waals surface area (Å²) in [6.07, 6.45) is 0. The predicted octanol–water partition coefficient (Wildman–Crippen LogP) is 5.93. The third-order valence-electron chi connectivity index (χ3n) is 4.38. The maximum atomic E-state index is 10.2. The Kier molecular flexibility index (Phi) is 4.95. The van der Waals surface area contributed by atoms with Gasteiger partial charge in [-0.05, 0) is 42.0 Å². The van der Waals surface area contributed by atoms with E-state index in [0.29, 0.717) is 11.4 Å². The van der Waals surface area contributed by atoms with E-state index in [1.807, 2.05) is 36.4 Å². The highest BCUT2D eigenvalue weighted by Gasteiger charge is 2.20. The molecule has 0 aliphatic rings. The van der Waals surface area contributed by atoms with Gasteiger partial charge < -0.3 is 25.4 Å². The Balaban J connectivity index is 1.89. The number of nitrogen functional groups attached to an aromatic ring is 1. The van der Waals surface area contributed by atoms with E-state index in [-0.39, 0.29) is 28.7 Å². The molecule has 144 valence electrons. The maximum absolute atomic E-state index is 10.2. The first-order valence-corrected chi connectivity index (χ1v) is 9.03. The summed E-state index contributed by atoms with van der Waals surface area (Å²) in [6, 6.07) is 26.4. The van der Waals surface area contributed by atoms with Crippen LogP contribution in [0.2, 0.25) is 0 Å². The van der Waals surface area contributed by atoms with Gasteiger partial charge in [-0.2, -0.15) is 0 Å². The lowest BCUT2D eigenvalue weighted by molar-refractivity contribution is 0.378. The van der Waals surface area contributed by atoms with Gasteiger partial charge in [0.2, 0.25) is 0 Å². The number of hydrogen-bond acceptors (Lipinski definition) is 5.